The standard InChI is InChI=1S/C12H16BrNO2/c1-9(2)8-16-12(15)14(3)11-6-4-5-10(13)7-11/h4-7,9H,8H2,1-3H3. The molecule has 0 spiro atoms. The lowest BCUT2D eigenvalue weighted by atomic mass is 10.2. The molecule has 0 fully saturated rings. The minimum Gasteiger partial charge on any atom is -0.449 e. The Morgan fingerprint density at radius 1 is 1.50 bits per heavy atom. The van der Waals surface area contributed by atoms with Crippen molar-refractivity contribution in [2.45, 2.75) is 13.8 Å². The predicted octanol–water partition coefficient (Wildman–Crippen LogP) is 3.68. The van der Waals surface area contributed by atoms with E-state index in [2.05, 4.69) is 15.9 Å². The Bertz CT molecular complexity index is 366. The van der Waals surface area contributed by atoms with Crippen LogP contribution in [0.15, 0.2) is 28.7 Å². The first-order valence-corrected chi connectivity index (χ1v) is 5.96. The summed E-state index contributed by atoms with van der Waals surface area (Å²) in [5.74, 6) is 0.347. The molecule has 1 aromatic rings. The maximum Gasteiger partial charge on any atom is 0.414 e. The summed E-state index contributed by atoms with van der Waals surface area (Å²) in [5, 5.41) is 0. The topological polar surface area (TPSA) is 29.5 Å². The number of halogens is 1. The summed E-state index contributed by atoms with van der Waals surface area (Å²) in [7, 11) is 1.70. The molecule has 0 aliphatic heterocycles. The minimum atomic E-state index is -0.327. The summed E-state index contributed by atoms with van der Waals surface area (Å²) >= 11 is 3.36. The zero-order valence-corrected chi connectivity index (χ0v) is 11.3. The molecule has 88 valence electrons. The van der Waals surface area contributed by atoms with Crippen LogP contribution in [0.2, 0.25) is 0 Å². The molecule has 0 bridgehead atoms. The number of ether oxygens (including phenoxy) is 1. The van der Waals surface area contributed by atoms with E-state index in [1.807, 2.05) is 38.1 Å². The monoisotopic (exact) mass is 285 g/mol. The van der Waals surface area contributed by atoms with E-state index in [1.165, 1.54) is 4.90 Å². The van der Waals surface area contributed by atoms with Crippen LogP contribution in [0.3, 0.4) is 0 Å². The van der Waals surface area contributed by atoms with Crippen LogP contribution < -0.4 is 4.90 Å². The number of anilines is 1. The number of rotatable bonds is 3. The Morgan fingerprint density at radius 3 is 2.75 bits per heavy atom. The first kappa shape index (κ1) is 13.0. The van der Waals surface area contributed by atoms with E-state index in [0.717, 1.165) is 10.2 Å². The molecule has 0 aromatic heterocycles. The van der Waals surface area contributed by atoms with Crippen molar-refractivity contribution in [1.29, 1.82) is 0 Å². The van der Waals surface area contributed by atoms with Crippen LogP contribution in [0.1, 0.15) is 13.8 Å². The van der Waals surface area contributed by atoms with Gasteiger partial charge in [0.05, 0.1) is 6.61 Å². The van der Waals surface area contributed by atoms with Gasteiger partial charge in [-0.2, -0.15) is 0 Å². The zero-order chi connectivity index (χ0) is 12.1. The van der Waals surface area contributed by atoms with Gasteiger partial charge in [0, 0.05) is 17.2 Å². The molecule has 0 heterocycles. The number of hydrogen-bond donors (Lipinski definition) is 0. The maximum absolute atomic E-state index is 11.6. The van der Waals surface area contributed by atoms with Crippen LogP contribution in [0.4, 0.5) is 10.5 Å². The Morgan fingerprint density at radius 2 is 2.19 bits per heavy atom. The number of hydrogen-bond acceptors (Lipinski definition) is 2. The van der Waals surface area contributed by atoms with Gasteiger partial charge in [0.1, 0.15) is 0 Å². The van der Waals surface area contributed by atoms with E-state index in [1.54, 1.807) is 7.05 Å². The smallest absolute Gasteiger partial charge is 0.414 e. The van der Waals surface area contributed by atoms with Crippen molar-refractivity contribution in [2.24, 2.45) is 5.92 Å². The highest BCUT2D eigenvalue weighted by molar-refractivity contribution is 9.10. The lowest BCUT2D eigenvalue weighted by molar-refractivity contribution is 0.141. The van der Waals surface area contributed by atoms with Crippen molar-refractivity contribution >= 4 is 27.7 Å². The molecule has 0 saturated carbocycles. The summed E-state index contributed by atoms with van der Waals surface area (Å²) in [6.45, 7) is 4.45. The molecular formula is C12H16BrNO2. The molecule has 0 unspecified atom stereocenters. The summed E-state index contributed by atoms with van der Waals surface area (Å²) in [6, 6.07) is 7.53. The molecule has 0 N–H and O–H groups in total. The number of carbonyl (C=O) groups is 1. The predicted molar refractivity (Wildman–Crippen MR) is 68.7 cm³/mol. The van der Waals surface area contributed by atoms with Crippen molar-refractivity contribution in [3.8, 4) is 0 Å². The van der Waals surface area contributed by atoms with E-state index in [-0.39, 0.29) is 6.09 Å². The molecule has 0 aliphatic carbocycles. The number of carbonyl (C=O) groups excluding carboxylic acids is 1. The van der Waals surface area contributed by atoms with Gasteiger partial charge in [0.15, 0.2) is 0 Å². The van der Waals surface area contributed by atoms with Crippen LogP contribution >= 0.6 is 15.9 Å². The largest absolute Gasteiger partial charge is 0.449 e. The first-order chi connectivity index (χ1) is 7.50. The summed E-state index contributed by atoms with van der Waals surface area (Å²) in [5.41, 5.74) is 0.808. The van der Waals surface area contributed by atoms with Crippen molar-refractivity contribution in [2.75, 3.05) is 18.6 Å². The van der Waals surface area contributed by atoms with Gasteiger partial charge < -0.3 is 4.74 Å². The third-order valence-electron chi connectivity index (χ3n) is 2.01. The molecule has 3 nitrogen and oxygen atoms in total. The molecule has 0 radical (unpaired) electrons. The second kappa shape index (κ2) is 5.89. The van der Waals surface area contributed by atoms with Crippen molar-refractivity contribution in [3.05, 3.63) is 28.7 Å². The molecule has 0 saturated heterocycles. The van der Waals surface area contributed by atoms with Crippen LogP contribution in [-0.4, -0.2) is 19.7 Å². The van der Waals surface area contributed by atoms with Crippen molar-refractivity contribution in [1.82, 2.24) is 0 Å². The highest BCUT2D eigenvalue weighted by atomic mass is 79.9. The quantitative estimate of drug-likeness (QED) is 0.848. The Hall–Kier alpha value is -1.03. The third kappa shape index (κ3) is 3.85. The Kier molecular flexibility index (Phi) is 4.80. The van der Waals surface area contributed by atoms with Gasteiger partial charge in [-0.05, 0) is 24.1 Å². The van der Waals surface area contributed by atoms with E-state index < -0.39 is 0 Å². The Balaban J connectivity index is 2.63. The van der Waals surface area contributed by atoms with E-state index in [9.17, 15) is 4.79 Å². The van der Waals surface area contributed by atoms with Gasteiger partial charge in [0.25, 0.3) is 0 Å². The second-order valence-corrected chi connectivity index (χ2v) is 4.93. The number of benzene rings is 1. The number of amides is 1. The van der Waals surface area contributed by atoms with Crippen molar-refractivity contribution < 1.29 is 9.53 Å². The van der Waals surface area contributed by atoms with Gasteiger partial charge >= 0.3 is 6.09 Å². The van der Waals surface area contributed by atoms with Crippen LogP contribution in [0.25, 0.3) is 0 Å². The van der Waals surface area contributed by atoms with Gasteiger partial charge in [-0.25, -0.2) is 4.79 Å². The van der Waals surface area contributed by atoms with Gasteiger partial charge in [0.2, 0.25) is 0 Å². The van der Waals surface area contributed by atoms with Crippen LogP contribution in [0, 0.1) is 5.92 Å². The lowest BCUT2D eigenvalue weighted by Gasteiger charge is -2.18. The molecule has 0 atom stereocenters. The first-order valence-electron chi connectivity index (χ1n) is 5.16. The van der Waals surface area contributed by atoms with Crippen LogP contribution in [-0.2, 0) is 4.74 Å². The van der Waals surface area contributed by atoms with Gasteiger partial charge in [-0.1, -0.05) is 35.8 Å². The lowest BCUT2D eigenvalue weighted by Crippen LogP contribution is -2.28. The molecular weight excluding hydrogens is 270 g/mol. The molecule has 0 aliphatic rings. The van der Waals surface area contributed by atoms with E-state index >= 15 is 0 Å². The van der Waals surface area contributed by atoms with Gasteiger partial charge in [-0.15, -0.1) is 0 Å². The second-order valence-electron chi connectivity index (χ2n) is 4.01. The zero-order valence-electron chi connectivity index (χ0n) is 9.74. The summed E-state index contributed by atoms with van der Waals surface area (Å²) in [4.78, 5) is 13.1. The summed E-state index contributed by atoms with van der Waals surface area (Å²) in [6.07, 6.45) is -0.327. The van der Waals surface area contributed by atoms with E-state index in [4.69, 9.17) is 4.74 Å². The average Bonchev–Trinajstić information content (AvgIpc) is 2.24. The number of nitrogens with zero attached hydrogens (tertiary/aromatic N) is 1. The molecule has 4 heteroatoms. The van der Waals surface area contributed by atoms with Crippen molar-refractivity contribution in [3.63, 3.8) is 0 Å². The van der Waals surface area contributed by atoms with Crippen LogP contribution in [0.5, 0.6) is 0 Å². The molecule has 1 rings (SSSR count). The van der Waals surface area contributed by atoms with E-state index in [0.29, 0.717) is 12.5 Å². The minimum absolute atomic E-state index is 0.327. The Labute approximate surface area is 105 Å². The highest BCUT2D eigenvalue weighted by Gasteiger charge is 2.12. The maximum atomic E-state index is 11.6. The summed E-state index contributed by atoms with van der Waals surface area (Å²) < 4.78 is 6.07. The van der Waals surface area contributed by atoms with Gasteiger partial charge in [-0.3, -0.25) is 4.90 Å². The molecule has 1 amide bonds. The third-order valence-corrected chi connectivity index (χ3v) is 2.50. The molecule has 16 heavy (non-hydrogen) atoms. The fourth-order valence-corrected chi connectivity index (χ4v) is 1.51. The molecule has 1 aromatic carbocycles. The fraction of sp³-hybridized carbons (Fsp3) is 0.417. The normalized spacial score (nSPS) is 10.3. The average molecular weight is 286 g/mol. The SMILES string of the molecule is CC(C)COC(=O)N(C)c1cccc(Br)c1. The fourth-order valence-electron chi connectivity index (χ4n) is 1.12. The highest BCUT2D eigenvalue weighted by Crippen LogP contribution is 2.19.